The molecule has 3 rings (SSSR count). The summed E-state index contributed by atoms with van der Waals surface area (Å²) in [5.74, 6) is 0. The minimum Gasteiger partial charge on any atom is -0.258 e. The molecule has 2 heterocycles. The van der Waals surface area contributed by atoms with Crippen LogP contribution < -0.4 is 0 Å². The molecule has 0 saturated heterocycles. The first-order chi connectivity index (χ1) is 11.2. The van der Waals surface area contributed by atoms with Crippen LogP contribution in [0.5, 0.6) is 0 Å². The van der Waals surface area contributed by atoms with Gasteiger partial charge in [-0.2, -0.15) is 5.10 Å². The van der Waals surface area contributed by atoms with Gasteiger partial charge in [0.15, 0.2) is 5.16 Å². The van der Waals surface area contributed by atoms with E-state index < -0.39 is 4.92 Å². The van der Waals surface area contributed by atoms with Gasteiger partial charge in [0.1, 0.15) is 12.7 Å². The molecule has 9 nitrogen and oxygen atoms in total. The highest BCUT2D eigenvalue weighted by Crippen LogP contribution is 2.29. The lowest BCUT2D eigenvalue weighted by Gasteiger charge is -2.04. The van der Waals surface area contributed by atoms with Gasteiger partial charge in [0, 0.05) is 35.0 Å². The smallest absolute Gasteiger partial charge is 0.258 e. The Morgan fingerprint density at radius 1 is 1.22 bits per heavy atom. The third-order valence-electron chi connectivity index (χ3n) is 2.68. The molecule has 23 heavy (non-hydrogen) atoms. The number of aromatic nitrogens is 5. The average Bonchev–Trinajstić information content (AvgIpc) is 3.08. The summed E-state index contributed by atoms with van der Waals surface area (Å²) >= 11 is 1.30. The van der Waals surface area contributed by atoms with Crippen molar-refractivity contribution in [3.05, 3.63) is 65.0 Å². The largest absolute Gasteiger partial charge is 0.270 e. The maximum atomic E-state index is 11.0. The van der Waals surface area contributed by atoms with Gasteiger partial charge in [0.25, 0.3) is 5.69 Å². The quantitative estimate of drug-likeness (QED) is 0.305. The molecule has 3 aromatic rings. The molecule has 0 bridgehead atoms. The van der Waals surface area contributed by atoms with E-state index in [0.717, 1.165) is 4.90 Å². The summed E-state index contributed by atoms with van der Waals surface area (Å²) in [6, 6.07) is 6.24. The highest BCUT2D eigenvalue weighted by molar-refractivity contribution is 7.99. The predicted octanol–water partition coefficient (Wildman–Crippen LogP) is 2.01. The van der Waals surface area contributed by atoms with E-state index in [4.69, 9.17) is 0 Å². The number of nitrogens with zero attached hydrogens (tertiary/aromatic N) is 7. The Kier molecular flexibility index (Phi) is 4.34. The van der Waals surface area contributed by atoms with Crippen LogP contribution in [0.3, 0.4) is 0 Å². The van der Waals surface area contributed by atoms with E-state index in [0.29, 0.717) is 10.7 Å². The molecule has 0 aliphatic carbocycles. The predicted molar refractivity (Wildman–Crippen MR) is 82.3 cm³/mol. The lowest BCUT2D eigenvalue weighted by atomic mass is 10.2. The minimum atomic E-state index is -0.455. The Morgan fingerprint density at radius 3 is 2.65 bits per heavy atom. The van der Waals surface area contributed by atoms with E-state index in [-0.39, 0.29) is 5.69 Å². The summed E-state index contributed by atoms with van der Waals surface area (Å²) < 4.78 is 1.40. The van der Waals surface area contributed by atoms with Gasteiger partial charge in [0.2, 0.25) is 0 Å². The zero-order valence-electron chi connectivity index (χ0n) is 11.6. The van der Waals surface area contributed by atoms with Crippen LogP contribution in [0.1, 0.15) is 5.56 Å². The van der Waals surface area contributed by atoms with E-state index in [9.17, 15) is 10.1 Å². The molecular formula is C13H9N7O2S. The molecule has 0 saturated carbocycles. The molecule has 0 amide bonds. The van der Waals surface area contributed by atoms with Crippen molar-refractivity contribution in [1.29, 1.82) is 0 Å². The molecule has 1 aromatic carbocycles. The summed E-state index contributed by atoms with van der Waals surface area (Å²) in [6.07, 6.45) is 7.60. The second-order valence-electron chi connectivity index (χ2n) is 4.20. The maximum absolute atomic E-state index is 11.0. The Morgan fingerprint density at radius 2 is 1.96 bits per heavy atom. The molecule has 0 fully saturated rings. The molecule has 0 aliphatic rings. The van der Waals surface area contributed by atoms with Gasteiger partial charge < -0.3 is 0 Å². The summed E-state index contributed by atoms with van der Waals surface area (Å²) in [7, 11) is 0. The van der Waals surface area contributed by atoms with Crippen LogP contribution >= 0.6 is 11.8 Å². The second-order valence-corrected chi connectivity index (χ2v) is 5.21. The number of benzene rings is 1. The molecular weight excluding hydrogens is 318 g/mol. The molecule has 10 heteroatoms. The van der Waals surface area contributed by atoms with Crippen LogP contribution in [0.4, 0.5) is 5.69 Å². The van der Waals surface area contributed by atoms with Gasteiger partial charge >= 0.3 is 0 Å². The fourth-order valence-corrected chi connectivity index (χ4v) is 2.45. The van der Waals surface area contributed by atoms with E-state index >= 15 is 0 Å². The molecule has 2 aromatic heterocycles. The van der Waals surface area contributed by atoms with E-state index in [1.807, 2.05) is 0 Å². The Balaban J connectivity index is 1.95. The van der Waals surface area contributed by atoms with Crippen molar-refractivity contribution in [2.45, 2.75) is 10.1 Å². The van der Waals surface area contributed by atoms with Crippen LogP contribution in [0.25, 0.3) is 0 Å². The number of non-ortho nitro benzene ring substituents is 1. The monoisotopic (exact) mass is 327 g/mol. The van der Waals surface area contributed by atoms with Gasteiger partial charge in [-0.15, -0.1) is 10.2 Å². The van der Waals surface area contributed by atoms with Crippen LogP contribution in [0.15, 0.2) is 64.5 Å². The summed E-state index contributed by atoms with van der Waals surface area (Å²) in [6.45, 7) is 0. The van der Waals surface area contributed by atoms with Crippen LogP contribution in [-0.4, -0.2) is 36.0 Å². The van der Waals surface area contributed by atoms with Gasteiger partial charge in [0.05, 0.1) is 11.1 Å². The number of hydrogen-bond donors (Lipinski definition) is 0. The minimum absolute atomic E-state index is 0.0199. The zero-order chi connectivity index (χ0) is 16.1. The molecule has 0 spiro atoms. The van der Waals surface area contributed by atoms with Gasteiger partial charge in [-0.1, -0.05) is 0 Å². The number of nitro groups is 1. The summed E-state index contributed by atoms with van der Waals surface area (Å²) in [5, 5.41) is 22.9. The van der Waals surface area contributed by atoms with Crippen molar-refractivity contribution in [2.24, 2.45) is 5.10 Å². The van der Waals surface area contributed by atoms with Crippen molar-refractivity contribution in [3.8, 4) is 0 Å². The van der Waals surface area contributed by atoms with E-state index in [1.54, 1.807) is 24.5 Å². The van der Waals surface area contributed by atoms with E-state index in [2.05, 4.69) is 25.3 Å². The molecule has 0 radical (unpaired) electrons. The highest BCUT2D eigenvalue weighted by Gasteiger charge is 2.11. The Labute approximate surface area is 134 Å². The second kappa shape index (κ2) is 6.75. The lowest BCUT2D eigenvalue weighted by Crippen LogP contribution is -1.95. The third kappa shape index (κ3) is 3.74. The molecule has 0 unspecified atom stereocenters. The third-order valence-corrected chi connectivity index (χ3v) is 3.67. The van der Waals surface area contributed by atoms with Crippen molar-refractivity contribution in [3.63, 3.8) is 0 Å². The van der Waals surface area contributed by atoms with Crippen molar-refractivity contribution >= 4 is 23.7 Å². The first kappa shape index (κ1) is 14.8. The van der Waals surface area contributed by atoms with Crippen LogP contribution in [0.2, 0.25) is 0 Å². The van der Waals surface area contributed by atoms with Crippen molar-refractivity contribution in [2.75, 3.05) is 0 Å². The topological polar surface area (TPSA) is 112 Å². The molecule has 114 valence electrons. The standard InChI is InChI=1S/C13H9N7O2S/c21-20(22)11-2-3-12(23-13-14-4-1-5-15-13)10(6-11)7-18-19-8-16-17-9-19/h1-9H/b18-7+. The van der Waals surface area contributed by atoms with Gasteiger partial charge in [-0.25, -0.2) is 14.6 Å². The van der Waals surface area contributed by atoms with Crippen molar-refractivity contribution in [1.82, 2.24) is 24.8 Å². The number of rotatable bonds is 5. The number of hydrogen-bond acceptors (Lipinski definition) is 8. The SMILES string of the molecule is O=[N+]([O-])c1ccc(Sc2ncccn2)c(/C=N/n2cnnc2)c1. The number of nitro benzene ring substituents is 1. The normalized spacial score (nSPS) is 11.0. The zero-order valence-corrected chi connectivity index (χ0v) is 12.4. The summed E-state index contributed by atoms with van der Waals surface area (Å²) in [4.78, 5) is 19.5. The first-order valence-corrected chi connectivity index (χ1v) is 7.16. The van der Waals surface area contributed by atoms with Crippen molar-refractivity contribution < 1.29 is 4.92 Å². The van der Waals surface area contributed by atoms with Gasteiger partial charge in [-0.05, 0) is 23.9 Å². The fourth-order valence-electron chi connectivity index (χ4n) is 1.66. The Hall–Kier alpha value is -3.14. The Bertz CT molecular complexity index is 837. The highest BCUT2D eigenvalue weighted by atomic mass is 32.2. The van der Waals surface area contributed by atoms with Crippen LogP contribution in [-0.2, 0) is 0 Å². The van der Waals surface area contributed by atoms with Gasteiger partial charge in [-0.3, -0.25) is 10.1 Å². The summed E-state index contributed by atoms with van der Waals surface area (Å²) in [5.41, 5.74) is 0.555. The average molecular weight is 327 g/mol. The molecule has 0 N–H and O–H groups in total. The maximum Gasteiger partial charge on any atom is 0.270 e. The fraction of sp³-hybridized carbons (Fsp3) is 0. The molecule has 0 aliphatic heterocycles. The lowest BCUT2D eigenvalue weighted by molar-refractivity contribution is -0.384. The van der Waals surface area contributed by atoms with E-state index in [1.165, 1.54) is 47.4 Å². The van der Waals surface area contributed by atoms with Crippen LogP contribution in [0, 0.1) is 10.1 Å². The molecule has 0 atom stereocenters. The first-order valence-electron chi connectivity index (χ1n) is 6.34.